The molecule has 136 valence electrons. The maximum Gasteiger partial charge on any atom is 0.269 e. The summed E-state index contributed by atoms with van der Waals surface area (Å²) < 4.78 is 5.09. The number of nitrogens with zero attached hydrogens (tertiary/aromatic N) is 3. The molecule has 10 heteroatoms. The molecule has 0 bridgehead atoms. The molecule has 3 rings (SSSR count). The average Bonchev–Trinajstić information content (AvgIpc) is 3.17. The number of carbonyl (C=O) groups excluding carboxylic acids is 1. The van der Waals surface area contributed by atoms with Gasteiger partial charge in [-0.3, -0.25) is 25.0 Å². The number of aliphatic hydroxyl groups is 1. The van der Waals surface area contributed by atoms with Crippen LogP contribution < -0.4 is 0 Å². The van der Waals surface area contributed by atoms with Gasteiger partial charge < -0.3 is 9.63 Å². The van der Waals surface area contributed by atoms with Gasteiger partial charge in [-0.2, -0.15) is 0 Å². The van der Waals surface area contributed by atoms with E-state index in [0.717, 1.165) is 12.1 Å². The van der Waals surface area contributed by atoms with Crippen LogP contribution in [-0.2, 0) is 0 Å². The molecule has 1 unspecified atom stereocenters. The molecule has 1 N–H and O–H groups in total. The number of nitro benzene ring substituents is 2. The third-order valence-corrected chi connectivity index (χ3v) is 3.87. The molecule has 2 aromatic carbocycles. The van der Waals surface area contributed by atoms with Crippen molar-refractivity contribution in [1.29, 1.82) is 0 Å². The van der Waals surface area contributed by atoms with E-state index < -0.39 is 16.0 Å². The lowest BCUT2D eigenvalue weighted by atomic mass is 10.00. The fourth-order valence-electron chi connectivity index (χ4n) is 2.48. The van der Waals surface area contributed by atoms with Gasteiger partial charge in [-0.25, -0.2) is 0 Å². The van der Waals surface area contributed by atoms with Gasteiger partial charge in [-0.1, -0.05) is 5.16 Å². The van der Waals surface area contributed by atoms with Crippen LogP contribution in [0.25, 0.3) is 11.3 Å². The Morgan fingerprint density at radius 1 is 1.00 bits per heavy atom. The molecule has 10 nitrogen and oxygen atoms in total. The molecule has 1 atom stereocenters. The average molecular weight is 369 g/mol. The van der Waals surface area contributed by atoms with Gasteiger partial charge in [-0.05, 0) is 18.2 Å². The lowest BCUT2D eigenvalue weighted by molar-refractivity contribution is -0.385. The van der Waals surface area contributed by atoms with Gasteiger partial charge in [0.1, 0.15) is 18.1 Å². The second-order valence-corrected chi connectivity index (χ2v) is 5.51. The predicted molar refractivity (Wildman–Crippen MR) is 91.1 cm³/mol. The minimum Gasteiger partial charge on any atom is -0.380 e. The standard InChI is InChI=1S/C17H11N3O7/c21-9-11-3-6-13(20(25)26)7-14(11)17(22)16-8-15(18-27-16)10-1-4-12(5-2-10)19(23)24/h1-9,17,22H. The van der Waals surface area contributed by atoms with E-state index >= 15 is 0 Å². The van der Waals surface area contributed by atoms with Crippen molar-refractivity contribution < 1.29 is 24.3 Å². The smallest absolute Gasteiger partial charge is 0.269 e. The zero-order valence-electron chi connectivity index (χ0n) is 13.5. The number of hydrogen-bond donors (Lipinski definition) is 1. The van der Waals surface area contributed by atoms with E-state index in [2.05, 4.69) is 5.16 Å². The Bertz CT molecular complexity index is 1030. The Labute approximate surface area is 151 Å². The molecular weight excluding hydrogens is 358 g/mol. The maximum absolute atomic E-state index is 11.2. The van der Waals surface area contributed by atoms with Gasteiger partial charge in [0.2, 0.25) is 0 Å². The second-order valence-electron chi connectivity index (χ2n) is 5.51. The highest BCUT2D eigenvalue weighted by Gasteiger charge is 2.22. The molecule has 27 heavy (non-hydrogen) atoms. The van der Waals surface area contributed by atoms with Crippen molar-refractivity contribution in [2.45, 2.75) is 6.10 Å². The Morgan fingerprint density at radius 2 is 1.63 bits per heavy atom. The van der Waals surface area contributed by atoms with Crippen molar-refractivity contribution in [2.24, 2.45) is 0 Å². The van der Waals surface area contributed by atoms with Gasteiger partial charge in [0.15, 0.2) is 5.76 Å². The molecule has 0 saturated carbocycles. The normalized spacial score (nSPS) is 11.7. The van der Waals surface area contributed by atoms with E-state index in [0.29, 0.717) is 17.5 Å². The molecule has 0 radical (unpaired) electrons. The van der Waals surface area contributed by atoms with Gasteiger partial charge in [-0.15, -0.1) is 0 Å². The lowest BCUT2D eigenvalue weighted by Gasteiger charge is -2.09. The van der Waals surface area contributed by atoms with Gasteiger partial charge >= 0.3 is 0 Å². The summed E-state index contributed by atoms with van der Waals surface area (Å²) in [6, 6.07) is 10.4. The highest BCUT2D eigenvalue weighted by molar-refractivity contribution is 5.78. The molecule has 1 heterocycles. The molecule has 0 spiro atoms. The number of aldehydes is 1. The first-order valence-electron chi connectivity index (χ1n) is 7.53. The van der Waals surface area contributed by atoms with E-state index in [9.17, 15) is 30.1 Å². The van der Waals surface area contributed by atoms with E-state index in [-0.39, 0.29) is 28.3 Å². The number of benzene rings is 2. The van der Waals surface area contributed by atoms with E-state index in [1.807, 2.05) is 0 Å². The van der Waals surface area contributed by atoms with Crippen molar-refractivity contribution in [3.05, 3.63) is 85.6 Å². The van der Waals surface area contributed by atoms with Crippen molar-refractivity contribution in [2.75, 3.05) is 0 Å². The van der Waals surface area contributed by atoms with Crippen LogP contribution in [0.5, 0.6) is 0 Å². The fraction of sp³-hybridized carbons (Fsp3) is 0.0588. The Balaban J connectivity index is 1.94. The predicted octanol–water partition coefficient (Wildman–Crippen LogP) is 3.05. The number of non-ortho nitro benzene ring substituents is 2. The first-order chi connectivity index (χ1) is 12.9. The molecule has 3 aromatic rings. The van der Waals surface area contributed by atoms with E-state index in [1.54, 1.807) is 0 Å². The maximum atomic E-state index is 11.2. The summed E-state index contributed by atoms with van der Waals surface area (Å²) in [7, 11) is 0. The molecule has 0 aliphatic rings. The highest BCUT2D eigenvalue weighted by atomic mass is 16.6. The highest BCUT2D eigenvalue weighted by Crippen LogP contribution is 2.30. The van der Waals surface area contributed by atoms with Crippen LogP contribution in [0.3, 0.4) is 0 Å². The number of rotatable bonds is 6. The van der Waals surface area contributed by atoms with Gasteiger partial charge in [0, 0.05) is 47.0 Å². The third kappa shape index (κ3) is 3.55. The molecule has 0 fully saturated rings. The molecule has 0 aliphatic carbocycles. The zero-order valence-corrected chi connectivity index (χ0v) is 13.5. The summed E-state index contributed by atoms with van der Waals surface area (Å²) in [5, 5.41) is 35.9. The fourth-order valence-corrected chi connectivity index (χ4v) is 2.48. The van der Waals surface area contributed by atoms with Crippen LogP contribution in [-0.4, -0.2) is 26.4 Å². The van der Waals surface area contributed by atoms with Crippen molar-refractivity contribution >= 4 is 17.7 Å². The summed E-state index contributed by atoms with van der Waals surface area (Å²) in [5.41, 5.74) is 0.515. The summed E-state index contributed by atoms with van der Waals surface area (Å²) in [5.74, 6) is -0.0352. The van der Waals surface area contributed by atoms with Crippen LogP contribution in [0.15, 0.2) is 53.1 Å². The molecule has 0 saturated heterocycles. The Kier molecular flexibility index (Phi) is 4.73. The SMILES string of the molecule is O=Cc1ccc([N+](=O)[O-])cc1C(O)c1cc(-c2ccc([N+](=O)[O-])cc2)no1. The second kappa shape index (κ2) is 7.14. The van der Waals surface area contributed by atoms with Crippen LogP contribution in [0.1, 0.15) is 27.8 Å². The Hall–Kier alpha value is -3.92. The lowest BCUT2D eigenvalue weighted by Crippen LogP contribution is -2.04. The first-order valence-corrected chi connectivity index (χ1v) is 7.53. The summed E-state index contributed by atoms with van der Waals surface area (Å²) in [6.45, 7) is 0. The number of aliphatic hydroxyl groups excluding tert-OH is 1. The number of carbonyl (C=O) groups is 1. The molecule has 1 aromatic heterocycles. The third-order valence-electron chi connectivity index (χ3n) is 3.87. The minimum absolute atomic E-state index is 0.00518. The molecular formula is C17H11N3O7. The monoisotopic (exact) mass is 369 g/mol. The quantitative estimate of drug-likeness (QED) is 0.395. The van der Waals surface area contributed by atoms with Crippen molar-refractivity contribution in [3.63, 3.8) is 0 Å². The van der Waals surface area contributed by atoms with Crippen LogP contribution in [0.4, 0.5) is 11.4 Å². The van der Waals surface area contributed by atoms with Crippen molar-refractivity contribution in [1.82, 2.24) is 5.16 Å². The van der Waals surface area contributed by atoms with E-state index in [4.69, 9.17) is 4.52 Å². The molecule has 0 aliphatic heterocycles. The zero-order chi connectivity index (χ0) is 19.6. The topological polar surface area (TPSA) is 150 Å². The molecule has 0 amide bonds. The Morgan fingerprint density at radius 3 is 2.22 bits per heavy atom. The van der Waals surface area contributed by atoms with Gasteiger partial charge in [0.05, 0.1) is 9.85 Å². The largest absolute Gasteiger partial charge is 0.380 e. The minimum atomic E-state index is -1.45. The summed E-state index contributed by atoms with van der Waals surface area (Å²) in [4.78, 5) is 31.6. The number of aromatic nitrogens is 1. The summed E-state index contributed by atoms with van der Waals surface area (Å²) in [6.07, 6.45) is -0.986. The number of hydrogen-bond acceptors (Lipinski definition) is 8. The van der Waals surface area contributed by atoms with Crippen molar-refractivity contribution in [3.8, 4) is 11.3 Å². The summed E-state index contributed by atoms with van der Waals surface area (Å²) >= 11 is 0. The van der Waals surface area contributed by atoms with Crippen LogP contribution in [0.2, 0.25) is 0 Å². The number of nitro groups is 2. The van der Waals surface area contributed by atoms with E-state index in [1.165, 1.54) is 36.4 Å². The van der Waals surface area contributed by atoms with Gasteiger partial charge in [0.25, 0.3) is 11.4 Å². The first kappa shape index (κ1) is 17.9. The van der Waals surface area contributed by atoms with Crippen LogP contribution >= 0.6 is 0 Å². The van der Waals surface area contributed by atoms with Crippen LogP contribution in [0, 0.1) is 20.2 Å².